The summed E-state index contributed by atoms with van der Waals surface area (Å²) in [6, 6.07) is 15.4. The number of rotatable bonds is 5. The molecular formula is C21H20N2O4. The monoisotopic (exact) mass is 364 g/mol. The van der Waals surface area contributed by atoms with E-state index in [1.807, 2.05) is 55.5 Å². The van der Waals surface area contributed by atoms with Crippen LogP contribution in [0.2, 0.25) is 0 Å². The number of amides is 1. The van der Waals surface area contributed by atoms with Crippen molar-refractivity contribution in [3.8, 4) is 23.0 Å². The summed E-state index contributed by atoms with van der Waals surface area (Å²) in [5.41, 5.74) is 2.53. The smallest absolute Gasteiger partial charge is 0.231 e. The number of hydrogen-bond acceptors (Lipinski definition) is 5. The second-order valence-corrected chi connectivity index (χ2v) is 6.50. The minimum atomic E-state index is -0.00695. The lowest BCUT2D eigenvalue weighted by Gasteiger charge is -2.16. The molecule has 0 unspecified atom stereocenters. The Hall–Kier alpha value is -3.28. The van der Waals surface area contributed by atoms with E-state index in [0.717, 1.165) is 11.1 Å². The number of hydrogen-bond donors (Lipinski definition) is 0. The highest BCUT2D eigenvalue weighted by molar-refractivity contribution is 5.78. The first kappa shape index (κ1) is 17.1. The quantitative estimate of drug-likeness (QED) is 0.692. The van der Waals surface area contributed by atoms with Crippen LogP contribution >= 0.6 is 0 Å². The molecule has 0 fully saturated rings. The number of likely N-dealkylation sites (N-methyl/N-ethyl adjacent to an activating group) is 1. The second-order valence-electron chi connectivity index (χ2n) is 6.50. The molecule has 2 aromatic carbocycles. The van der Waals surface area contributed by atoms with Crippen molar-refractivity contribution in [2.24, 2.45) is 0 Å². The molecule has 2 heterocycles. The molecule has 6 nitrogen and oxygen atoms in total. The Bertz CT molecular complexity index is 966. The van der Waals surface area contributed by atoms with E-state index < -0.39 is 0 Å². The Morgan fingerprint density at radius 2 is 1.89 bits per heavy atom. The van der Waals surface area contributed by atoms with Crippen molar-refractivity contribution in [3.63, 3.8) is 0 Å². The van der Waals surface area contributed by atoms with Gasteiger partial charge in [0.1, 0.15) is 5.76 Å². The van der Waals surface area contributed by atoms with Gasteiger partial charge < -0.3 is 18.8 Å². The summed E-state index contributed by atoms with van der Waals surface area (Å²) >= 11 is 0. The van der Waals surface area contributed by atoms with Gasteiger partial charge in [0.15, 0.2) is 11.5 Å². The van der Waals surface area contributed by atoms with Gasteiger partial charge in [-0.1, -0.05) is 30.3 Å². The zero-order chi connectivity index (χ0) is 18.8. The van der Waals surface area contributed by atoms with Gasteiger partial charge in [-0.25, -0.2) is 4.98 Å². The average Bonchev–Trinajstić information content (AvgIpc) is 3.28. The molecule has 1 aliphatic heterocycles. The van der Waals surface area contributed by atoms with Crippen molar-refractivity contribution >= 4 is 5.91 Å². The number of benzene rings is 2. The molecule has 0 N–H and O–H groups in total. The topological polar surface area (TPSA) is 64.8 Å². The van der Waals surface area contributed by atoms with Gasteiger partial charge >= 0.3 is 0 Å². The fourth-order valence-corrected chi connectivity index (χ4v) is 2.97. The number of fused-ring (bicyclic) bond motifs is 1. The van der Waals surface area contributed by atoms with Crippen LogP contribution in [0.4, 0.5) is 0 Å². The third-order valence-electron chi connectivity index (χ3n) is 4.52. The van der Waals surface area contributed by atoms with Gasteiger partial charge in [-0.2, -0.15) is 0 Å². The molecule has 1 aromatic heterocycles. The first-order valence-corrected chi connectivity index (χ1v) is 8.74. The lowest BCUT2D eigenvalue weighted by molar-refractivity contribution is -0.129. The van der Waals surface area contributed by atoms with Crippen LogP contribution in [0.3, 0.4) is 0 Å². The predicted molar refractivity (Wildman–Crippen MR) is 99.4 cm³/mol. The maximum absolute atomic E-state index is 12.6. The highest BCUT2D eigenvalue weighted by Crippen LogP contribution is 2.36. The molecule has 0 saturated carbocycles. The number of oxazole rings is 1. The summed E-state index contributed by atoms with van der Waals surface area (Å²) in [5.74, 6) is 2.49. The van der Waals surface area contributed by atoms with E-state index in [9.17, 15) is 4.79 Å². The van der Waals surface area contributed by atoms with Crippen molar-refractivity contribution < 1.29 is 18.7 Å². The normalized spacial score (nSPS) is 12.2. The molecule has 27 heavy (non-hydrogen) atoms. The third-order valence-corrected chi connectivity index (χ3v) is 4.52. The van der Waals surface area contributed by atoms with Gasteiger partial charge in [-0.15, -0.1) is 0 Å². The van der Waals surface area contributed by atoms with E-state index in [1.54, 1.807) is 11.9 Å². The summed E-state index contributed by atoms with van der Waals surface area (Å²) in [5, 5.41) is 0. The molecule has 0 atom stereocenters. The lowest BCUT2D eigenvalue weighted by atomic mass is 10.2. The van der Waals surface area contributed by atoms with Crippen LogP contribution < -0.4 is 9.47 Å². The van der Waals surface area contributed by atoms with Gasteiger partial charge in [-0.3, -0.25) is 4.79 Å². The zero-order valence-corrected chi connectivity index (χ0v) is 15.3. The van der Waals surface area contributed by atoms with E-state index >= 15 is 0 Å². The number of carbonyl (C=O) groups is 1. The highest BCUT2D eigenvalue weighted by atomic mass is 16.7. The van der Waals surface area contributed by atoms with Crippen LogP contribution in [0.1, 0.15) is 17.0 Å². The Morgan fingerprint density at radius 3 is 2.70 bits per heavy atom. The molecule has 1 aliphatic rings. The Labute approximate surface area is 157 Å². The number of aromatic nitrogens is 1. The fourth-order valence-electron chi connectivity index (χ4n) is 2.97. The summed E-state index contributed by atoms with van der Waals surface area (Å²) < 4.78 is 16.5. The SMILES string of the molecule is Cc1oc(-c2ccc3c(c2)OCO3)nc1CC(=O)N(C)Cc1ccccc1. The summed E-state index contributed by atoms with van der Waals surface area (Å²) in [7, 11) is 1.80. The Morgan fingerprint density at radius 1 is 1.11 bits per heavy atom. The molecule has 0 saturated heterocycles. The van der Waals surface area contributed by atoms with Gasteiger partial charge in [0, 0.05) is 19.2 Å². The maximum atomic E-state index is 12.6. The Kier molecular flexibility index (Phi) is 4.54. The van der Waals surface area contributed by atoms with Gasteiger partial charge in [-0.05, 0) is 30.7 Å². The van der Waals surface area contributed by atoms with Crippen LogP contribution in [0, 0.1) is 6.92 Å². The highest BCUT2D eigenvalue weighted by Gasteiger charge is 2.20. The van der Waals surface area contributed by atoms with Crippen LogP contribution in [0.5, 0.6) is 11.5 Å². The van der Waals surface area contributed by atoms with E-state index in [-0.39, 0.29) is 19.1 Å². The summed E-state index contributed by atoms with van der Waals surface area (Å²) in [6.07, 6.45) is 0.198. The molecule has 1 amide bonds. The molecular weight excluding hydrogens is 344 g/mol. The zero-order valence-electron chi connectivity index (χ0n) is 15.3. The minimum Gasteiger partial charge on any atom is -0.454 e. The largest absolute Gasteiger partial charge is 0.454 e. The molecule has 0 spiro atoms. The number of carbonyl (C=O) groups excluding carboxylic acids is 1. The minimum absolute atomic E-state index is 0.00695. The average molecular weight is 364 g/mol. The standard InChI is InChI=1S/C21H20N2O4/c1-14-17(11-20(24)23(2)12-15-6-4-3-5-7-15)22-21(27-14)16-8-9-18-19(10-16)26-13-25-18/h3-10H,11-13H2,1-2H3. The van der Waals surface area contributed by atoms with Crippen molar-refractivity contribution in [3.05, 3.63) is 65.5 Å². The van der Waals surface area contributed by atoms with Gasteiger partial charge in [0.25, 0.3) is 0 Å². The van der Waals surface area contributed by atoms with E-state index in [2.05, 4.69) is 4.98 Å². The fraction of sp³-hybridized carbons (Fsp3) is 0.238. The van der Waals surface area contributed by atoms with Crippen molar-refractivity contribution in [1.82, 2.24) is 9.88 Å². The van der Waals surface area contributed by atoms with Crippen LogP contribution in [-0.2, 0) is 17.8 Å². The molecule has 3 aromatic rings. The predicted octanol–water partition coefficient (Wildman–Crippen LogP) is 3.58. The van der Waals surface area contributed by atoms with E-state index in [0.29, 0.717) is 35.4 Å². The molecule has 4 rings (SSSR count). The third kappa shape index (κ3) is 3.65. The van der Waals surface area contributed by atoms with Crippen LogP contribution in [0.25, 0.3) is 11.5 Å². The van der Waals surface area contributed by atoms with Crippen molar-refractivity contribution in [2.45, 2.75) is 19.9 Å². The maximum Gasteiger partial charge on any atom is 0.231 e. The van der Waals surface area contributed by atoms with E-state index in [4.69, 9.17) is 13.9 Å². The van der Waals surface area contributed by atoms with Crippen molar-refractivity contribution in [1.29, 1.82) is 0 Å². The van der Waals surface area contributed by atoms with Gasteiger partial charge in [0.05, 0.1) is 12.1 Å². The first-order chi connectivity index (χ1) is 13.1. The first-order valence-electron chi connectivity index (χ1n) is 8.74. The van der Waals surface area contributed by atoms with Crippen molar-refractivity contribution in [2.75, 3.05) is 13.8 Å². The molecule has 0 radical (unpaired) electrons. The molecule has 6 heteroatoms. The Balaban J connectivity index is 1.47. The molecule has 0 bridgehead atoms. The van der Waals surface area contributed by atoms with Crippen LogP contribution in [0.15, 0.2) is 52.9 Å². The van der Waals surface area contributed by atoms with Crippen LogP contribution in [-0.4, -0.2) is 29.6 Å². The number of nitrogens with zero attached hydrogens (tertiary/aromatic N) is 2. The van der Waals surface area contributed by atoms with E-state index in [1.165, 1.54) is 0 Å². The number of aryl methyl sites for hydroxylation is 1. The lowest BCUT2D eigenvalue weighted by Crippen LogP contribution is -2.28. The molecule has 138 valence electrons. The number of ether oxygens (including phenoxy) is 2. The second kappa shape index (κ2) is 7.15. The molecule has 0 aliphatic carbocycles. The van der Waals surface area contributed by atoms with Gasteiger partial charge in [0.2, 0.25) is 18.6 Å². The summed E-state index contributed by atoms with van der Waals surface area (Å²) in [4.78, 5) is 18.8. The summed E-state index contributed by atoms with van der Waals surface area (Å²) in [6.45, 7) is 2.60.